The van der Waals surface area contributed by atoms with Crippen LogP contribution < -0.4 is 10.2 Å². The molecule has 2 N–H and O–H groups in total. The summed E-state index contributed by atoms with van der Waals surface area (Å²) in [5.74, 6) is 0.828. The summed E-state index contributed by atoms with van der Waals surface area (Å²) in [6, 6.07) is 2.09. The number of nitrogens with one attached hydrogen (secondary N) is 2. The van der Waals surface area contributed by atoms with Crippen LogP contribution in [0.2, 0.25) is 5.02 Å². The number of rotatable bonds is 9. The van der Waals surface area contributed by atoms with E-state index in [9.17, 15) is 0 Å². The first-order chi connectivity index (χ1) is 14.5. The van der Waals surface area contributed by atoms with Gasteiger partial charge in [0.2, 0.25) is 0 Å². The second-order valence-electron chi connectivity index (χ2n) is 6.92. The average molecular weight is 443 g/mol. The molecule has 0 amide bonds. The highest BCUT2D eigenvalue weighted by molar-refractivity contribution is 7.99. The molecule has 0 aromatic carbocycles. The third kappa shape index (κ3) is 4.86. The maximum absolute atomic E-state index is 6.65. The maximum atomic E-state index is 6.65. The van der Waals surface area contributed by atoms with Crippen LogP contribution in [0.3, 0.4) is 0 Å². The number of hydrogen-bond acceptors (Lipinski definition) is 6. The van der Waals surface area contributed by atoms with Gasteiger partial charge in [0, 0.05) is 36.9 Å². The van der Waals surface area contributed by atoms with Crippen molar-refractivity contribution >= 4 is 46.3 Å². The van der Waals surface area contributed by atoms with Gasteiger partial charge in [0.05, 0.1) is 16.1 Å². The smallest absolute Gasteiger partial charge is 0.196 e. The van der Waals surface area contributed by atoms with Gasteiger partial charge in [-0.05, 0) is 49.9 Å². The van der Waals surface area contributed by atoms with Crippen molar-refractivity contribution in [3.05, 3.63) is 53.0 Å². The number of nitrogens with zero attached hydrogens (tertiary/aromatic N) is 4. The Morgan fingerprint density at radius 2 is 2.17 bits per heavy atom. The Morgan fingerprint density at radius 3 is 2.83 bits per heavy atom. The Bertz CT molecular complexity index is 1080. The minimum Gasteiger partial charge on any atom is -0.358 e. The van der Waals surface area contributed by atoms with Gasteiger partial charge in [-0.15, -0.1) is 0 Å². The number of pyridine rings is 1. The van der Waals surface area contributed by atoms with Gasteiger partial charge >= 0.3 is 0 Å². The number of aromatic nitrogens is 4. The van der Waals surface area contributed by atoms with Gasteiger partial charge in [0.1, 0.15) is 11.5 Å². The number of hydrogen-bond donors (Lipinski definition) is 2. The number of fused-ring (bicyclic) bond motifs is 1. The zero-order valence-electron chi connectivity index (χ0n) is 17.8. The van der Waals surface area contributed by atoms with Gasteiger partial charge in [-0.2, -0.15) is 0 Å². The molecule has 30 heavy (non-hydrogen) atoms. The molecule has 8 heteroatoms. The first kappa shape index (κ1) is 22.3. The lowest BCUT2D eigenvalue weighted by Crippen LogP contribution is -2.28. The molecule has 0 radical (unpaired) electrons. The van der Waals surface area contributed by atoms with E-state index in [1.54, 1.807) is 6.08 Å². The molecule has 3 rings (SSSR count). The van der Waals surface area contributed by atoms with Crippen molar-refractivity contribution in [2.24, 2.45) is 0 Å². The molecular formula is C22H27ClN6S. The Kier molecular flexibility index (Phi) is 7.53. The second kappa shape index (κ2) is 10.1. The highest BCUT2D eigenvalue weighted by Crippen LogP contribution is 2.36. The van der Waals surface area contributed by atoms with Crippen molar-refractivity contribution in [1.82, 2.24) is 25.3 Å². The Hall–Kier alpha value is -2.35. The Morgan fingerprint density at radius 1 is 1.37 bits per heavy atom. The number of likely N-dealkylation sites (N-methyl/N-ethyl adjacent to an activating group) is 2. The van der Waals surface area contributed by atoms with Crippen LogP contribution in [0.5, 0.6) is 0 Å². The van der Waals surface area contributed by atoms with E-state index in [0.29, 0.717) is 10.2 Å². The summed E-state index contributed by atoms with van der Waals surface area (Å²) in [7, 11) is 3.96. The molecule has 0 aliphatic carbocycles. The standard InChI is InChI=1S/C22H27ClN6S/c1-6-8-9-17-14(3)12-15(13-25-17)30-22-27-20-18(19(23)16(7-2)26-20)21(28-22)29(5)11-10-24-4/h6,8-9,12-13,24H,1,7,10-11H2,2-5H3,(H,26,27,28)/b9-8-. The molecule has 0 aliphatic heterocycles. The molecule has 0 unspecified atom stereocenters. The van der Waals surface area contributed by atoms with Crippen molar-refractivity contribution in [3.8, 4) is 0 Å². The highest BCUT2D eigenvalue weighted by Gasteiger charge is 2.19. The van der Waals surface area contributed by atoms with E-state index in [1.165, 1.54) is 11.8 Å². The van der Waals surface area contributed by atoms with Gasteiger partial charge in [0.15, 0.2) is 5.16 Å². The van der Waals surface area contributed by atoms with Crippen molar-refractivity contribution in [1.29, 1.82) is 0 Å². The lowest BCUT2D eigenvalue weighted by molar-refractivity contribution is 0.758. The van der Waals surface area contributed by atoms with Gasteiger partial charge in [-0.3, -0.25) is 4.98 Å². The number of aromatic amines is 1. The average Bonchev–Trinajstić information content (AvgIpc) is 3.06. The van der Waals surface area contributed by atoms with Crippen LogP contribution >= 0.6 is 23.4 Å². The van der Waals surface area contributed by atoms with E-state index in [4.69, 9.17) is 21.6 Å². The number of aryl methyl sites for hydroxylation is 2. The molecule has 0 spiro atoms. The Labute approximate surface area is 186 Å². The first-order valence-corrected chi connectivity index (χ1v) is 11.0. The Balaban J connectivity index is 2.01. The monoisotopic (exact) mass is 442 g/mol. The topological polar surface area (TPSA) is 69.7 Å². The number of anilines is 1. The molecule has 0 aliphatic rings. The first-order valence-electron chi connectivity index (χ1n) is 9.85. The van der Waals surface area contributed by atoms with Crippen LogP contribution in [0.15, 0.2) is 41.0 Å². The summed E-state index contributed by atoms with van der Waals surface area (Å²) >= 11 is 8.14. The van der Waals surface area contributed by atoms with E-state index in [1.807, 2.05) is 39.4 Å². The SMILES string of the molecule is C=C/C=C\c1ncc(Sc2nc(N(C)CCNC)c3c(Cl)c(CC)[nH]c3n2)cc1C. The third-order valence-corrected chi connectivity index (χ3v) is 5.97. The molecule has 6 nitrogen and oxygen atoms in total. The highest BCUT2D eigenvalue weighted by atomic mass is 35.5. The fourth-order valence-corrected chi connectivity index (χ4v) is 4.25. The molecule has 3 aromatic rings. The van der Waals surface area contributed by atoms with E-state index in [0.717, 1.165) is 58.2 Å². The van der Waals surface area contributed by atoms with Crippen LogP contribution in [0, 0.1) is 6.92 Å². The molecule has 158 valence electrons. The molecule has 0 saturated heterocycles. The summed E-state index contributed by atoms with van der Waals surface area (Å²) in [6.07, 6.45) is 8.22. The van der Waals surface area contributed by atoms with Crippen LogP contribution in [-0.2, 0) is 6.42 Å². The van der Waals surface area contributed by atoms with Crippen LogP contribution in [0.1, 0.15) is 23.9 Å². The van der Waals surface area contributed by atoms with Crippen LogP contribution in [-0.4, -0.2) is 47.1 Å². The number of halogens is 1. The van der Waals surface area contributed by atoms with Crippen LogP contribution in [0.25, 0.3) is 17.1 Å². The predicted octanol–water partition coefficient (Wildman–Crippen LogP) is 4.88. The van der Waals surface area contributed by atoms with Crippen molar-refractivity contribution < 1.29 is 0 Å². The fourth-order valence-electron chi connectivity index (χ4n) is 3.08. The lowest BCUT2D eigenvalue weighted by atomic mass is 10.2. The summed E-state index contributed by atoms with van der Waals surface area (Å²) < 4.78 is 0. The molecule has 3 aromatic heterocycles. The normalized spacial score (nSPS) is 11.5. The third-order valence-electron chi connectivity index (χ3n) is 4.73. The maximum Gasteiger partial charge on any atom is 0.196 e. The van der Waals surface area contributed by atoms with Crippen LogP contribution in [0.4, 0.5) is 5.82 Å². The lowest BCUT2D eigenvalue weighted by Gasteiger charge is -2.19. The zero-order chi connectivity index (χ0) is 21.7. The van der Waals surface area contributed by atoms with Crippen molar-refractivity contribution in [2.75, 3.05) is 32.1 Å². The number of allylic oxidation sites excluding steroid dienone is 2. The van der Waals surface area contributed by atoms with Gasteiger partial charge in [-0.1, -0.05) is 37.3 Å². The van der Waals surface area contributed by atoms with Crippen molar-refractivity contribution in [2.45, 2.75) is 30.3 Å². The van der Waals surface area contributed by atoms with Gasteiger partial charge < -0.3 is 15.2 Å². The number of H-pyrrole nitrogens is 1. The molecular weight excluding hydrogens is 416 g/mol. The summed E-state index contributed by atoms with van der Waals surface area (Å²) in [6.45, 7) is 9.46. The van der Waals surface area contributed by atoms with Gasteiger partial charge in [0.25, 0.3) is 0 Å². The fraction of sp³-hybridized carbons (Fsp3) is 0.318. The summed E-state index contributed by atoms with van der Waals surface area (Å²) in [4.78, 5) is 20.6. The minimum atomic E-state index is 0.657. The quantitative estimate of drug-likeness (QED) is 0.363. The summed E-state index contributed by atoms with van der Waals surface area (Å²) in [5.41, 5.74) is 3.74. The largest absolute Gasteiger partial charge is 0.358 e. The molecule has 3 heterocycles. The predicted molar refractivity (Wildman–Crippen MR) is 128 cm³/mol. The van der Waals surface area contributed by atoms with E-state index in [2.05, 4.69) is 39.8 Å². The minimum absolute atomic E-state index is 0.657. The zero-order valence-corrected chi connectivity index (χ0v) is 19.4. The second-order valence-corrected chi connectivity index (χ2v) is 8.34. The van der Waals surface area contributed by atoms with Gasteiger partial charge in [-0.25, -0.2) is 9.97 Å². The van der Waals surface area contributed by atoms with E-state index in [-0.39, 0.29) is 0 Å². The molecule has 0 bridgehead atoms. The molecule has 0 fully saturated rings. The van der Waals surface area contributed by atoms with E-state index < -0.39 is 0 Å². The summed E-state index contributed by atoms with van der Waals surface area (Å²) in [5, 5.41) is 5.41. The molecule has 0 saturated carbocycles. The van der Waals surface area contributed by atoms with Crippen molar-refractivity contribution in [3.63, 3.8) is 0 Å². The molecule has 0 atom stereocenters. The van der Waals surface area contributed by atoms with E-state index >= 15 is 0 Å².